The summed E-state index contributed by atoms with van der Waals surface area (Å²) in [5.41, 5.74) is 0.652. The molecule has 0 amide bonds. The van der Waals surface area contributed by atoms with Crippen molar-refractivity contribution in [3.8, 4) is 5.75 Å². The standard InChI is InChI=1S/C15H12N2O2S/c1-19-11-8-6-10(7-9-11)16-15-17-14(18)12-4-2-3-5-13(12)20-15/h2-9H,1H3,(H,16,17,18). The van der Waals surface area contributed by atoms with E-state index in [0.717, 1.165) is 16.1 Å². The van der Waals surface area contributed by atoms with E-state index in [1.54, 1.807) is 13.2 Å². The summed E-state index contributed by atoms with van der Waals surface area (Å²) in [6.45, 7) is 0. The van der Waals surface area contributed by atoms with Crippen LogP contribution in [0.3, 0.4) is 0 Å². The molecule has 0 aliphatic rings. The Morgan fingerprint density at radius 2 is 1.85 bits per heavy atom. The molecular weight excluding hydrogens is 272 g/mol. The highest BCUT2D eigenvalue weighted by atomic mass is 32.1. The fourth-order valence-electron chi connectivity index (χ4n) is 1.86. The first-order valence-corrected chi connectivity index (χ1v) is 6.89. The Hall–Kier alpha value is -2.40. The van der Waals surface area contributed by atoms with Crippen LogP contribution in [-0.2, 0) is 0 Å². The molecule has 0 radical (unpaired) electrons. The van der Waals surface area contributed by atoms with E-state index in [0.29, 0.717) is 10.5 Å². The van der Waals surface area contributed by atoms with Crippen LogP contribution >= 0.6 is 11.3 Å². The number of hydrogen-bond donors (Lipinski definition) is 1. The highest BCUT2D eigenvalue weighted by molar-refractivity contribution is 7.21. The van der Waals surface area contributed by atoms with E-state index in [1.807, 2.05) is 42.5 Å². The molecule has 2 aromatic carbocycles. The molecule has 0 spiro atoms. The second kappa shape index (κ2) is 5.30. The van der Waals surface area contributed by atoms with Crippen molar-refractivity contribution in [2.45, 2.75) is 0 Å². The fourth-order valence-corrected chi connectivity index (χ4v) is 2.78. The third-order valence-electron chi connectivity index (χ3n) is 2.87. The molecule has 0 aliphatic carbocycles. The van der Waals surface area contributed by atoms with Crippen LogP contribution in [-0.4, -0.2) is 12.1 Å². The third-order valence-corrected chi connectivity index (χ3v) is 3.83. The molecule has 0 fully saturated rings. The van der Waals surface area contributed by atoms with Crippen molar-refractivity contribution in [1.82, 2.24) is 4.98 Å². The number of fused-ring (bicyclic) bond motifs is 1. The van der Waals surface area contributed by atoms with E-state index in [1.165, 1.54) is 11.3 Å². The lowest BCUT2D eigenvalue weighted by Gasteiger charge is -2.06. The molecule has 1 N–H and O–H groups in total. The Morgan fingerprint density at radius 3 is 2.60 bits per heavy atom. The number of nitrogens with one attached hydrogen (secondary N) is 1. The Kier molecular flexibility index (Phi) is 3.35. The molecule has 0 unspecified atom stereocenters. The molecule has 0 bridgehead atoms. The number of rotatable bonds is 3. The lowest BCUT2D eigenvalue weighted by molar-refractivity contribution is 0.415. The summed E-state index contributed by atoms with van der Waals surface area (Å²) in [4.78, 5) is 16.0. The van der Waals surface area contributed by atoms with Crippen molar-refractivity contribution in [1.29, 1.82) is 0 Å². The van der Waals surface area contributed by atoms with Gasteiger partial charge in [-0.05, 0) is 36.4 Å². The number of benzene rings is 2. The molecule has 0 saturated carbocycles. The van der Waals surface area contributed by atoms with Crippen LogP contribution in [0.1, 0.15) is 0 Å². The SMILES string of the molecule is COc1ccc(Nc2nc(=O)c3ccccc3s2)cc1. The van der Waals surface area contributed by atoms with E-state index >= 15 is 0 Å². The molecule has 1 aromatic heterocycles. The number of hydrogen-bond acceptors (Lipinski definition) is 5. The first kappa shape index (κ1) is 12.6. The highest BCUT2D eigenvalue weighted by Gasteiger charge is 2.04. The van der Waals surface area contributed by atoms with Gasteiger partial charge in [0.25, 0.3) is 5.56 Å². The molecule has 1 heterocycles. The molecule has 5 heteroatoms. The monoisotopic (exact) mass is 284 g/mol. The van der Waals surface area contributed by atoms with Crippen LogP contribution < -0.4 is 15.6 Å². The first-order chi connectivity index (χ1) is 9.76. The zero-order valence-electron chi connectivity index (χ0n) is 10.8. The third kappa shape index (κ3) is 2.48. The van der Waals surface area contributed by atoms with Gasteiger partial charge < -0.3 is 10.1 Å². The maximum absolute atomic E-state index is 11.9. The summed E-state index contributed by atoms with van der Waals surface area (Å²) in [5.74, 6) is 0.787. The molecule has 4 nitrogen and oxygen atoms in total. The zero-order valence-corrected chi connectivity index (χ0v) is 11.6. The Morgan fingerprint density at radius 1 is 1.10 bits per heavy atom. The molecule has 100 valence electrons. The van der Waals surface area contributed by atoms with Crippen molar-refractivity contribution in [2.75, 3.05) is 12.4 Å². The van der Waals surface area contributed by atoms with Crippen LogP contribution in [0.25, 0.3) is 10.1 Å². The molecule has 0 saturated heterocycles. The van der Waals surface area contributed by atoms with Gasteiger partial charge in [0.15, 0.2) is 5.13 Å². The number of nitrogens with zero attached hydrogens (tertiary/aromatic N) is 1. The van der Waals surface area contributed by atoms with Gasteiger partial charge in [-0.15, -0.1) is 0 Å². The van der Waals surface area contributed by atoms with Crippen LogP contribution in [0, 0.1) is 0 Å². The summed E-state index contributed by atoms with van der Waals surface area (Å²) in [5, 5.41) is 4.37. The van der Waals surface area contributed by atoms with Crippen molar-refractivity contribution >= 4 is 32.2 Å². The minimum Gasteiger partial charge on any atom is -0.497 e. The van der Waals surface area contributed by atoms with Gasteiger partial charge in [-0.2, -0.15) is 4.98 Å². The predicted octanol–water partition coefficient (Wildman–Crippen LogP) is 3.41. The van der Waals surface area contributed by atoms with Crippen molar-refractivity contribution < 1.29 is 4.74 Å². The molecule has 3 aromatic rings. The summed E-state index contributed by atoms with van der Waals surface area (Å²) in [6, 6.07) is 14.9. The van der Waals surface area contributed by atoms with Gasteiger partial charge in [-0.25, -0.2) is 0 Å². The molecule has 20 heavy (non-hydrogen) atoms. The van der Waals surface area contributed by atoms with Crippen molar-refractivity contribution in [3.05, 3.63) is 58.9 Å². The van der Waals surface area contributed by atoms with Crippen LogP contribution in [0.5, 0.6) is 5.75 Å². The summed E-state index contributed by atoms with van der Waals surface area (Å²) < 4.78 is 6.03. The van der Waals surface area contributed by atoms with Crippen LogP contribution in [0.2, 0.25) is 0 Å². The molecule has 3 rings (SSSR count). The summed E-state index contributed by atoms with van der Waals surface area (Å²) in [6.07, 6.45) is 0. The second-order valence-electron chi connectivity index (χ2n) is 4.17. The summed E-state index contributed by atoms with van der Waals surface area (Å²) in [7, 11) is 1.62. The predicted molar refractivity (Wildman–Crippen MR) is 82.2 cm³/mol. The topological polar surface area (TPSA) is 51.2 Å². The maximum Gasteiger partial charge on any atom is 0.281 e. The van der Waals surface area contributed by atoms with E-state index < -0.39 is 0 Å². The minimum absolute atomic E-state index is 0.213. The van der Waals surface area contributed by atoms with Crippen molar-refractivity contribution in [2.24, 2.45) is 0 Å². The highest BCUT2D eigenvalue weighted by Crippen LogP contribution is 2.24. The van der Waals surface area contributed by atoms with Gasteiger partial charge in [-0.3, -0.25) is 4.79 Å². The average Bonchev–Trinajstić information content (AvgIpc) is 2.48. The van der Waals surface area contributed by atoms with Crippen LogP contribution in [0.4, 0.5) is 10.8 Å². The zero-order chi connectivity index (χ0) is 13.9. The van der Waals surface area contributed by atoms with Gasteiger partial charge in [-0.1, -0.05) is 23.5 Å². The average molecular weight is 284 g/mol. The Bertz CT molecular complexity index is 797. The number of ether oxygens (including phenoxy) is 1. The number of methoxy groups -OCH3 is 1. The van der Waals surface area contributed by atoms with Gasteiger partial charge in [0.05, 0.1) is 12.5 Å². The fraction of sp³-hybridized carbons (Fsp3) is 0.0667. The maximum atomic E-state index is 11.9. The van der Waals surface area contributed by atoms with Gasteiger partial charge in [0.1, 0.15) is 5.75 Å². The van der Waals surface area contributed by atoms with Gasteiger partial charge in [0, 0.05) is 10.4 Å². The first-order valence-electron chi connectivity index (χ1n) is 6.07. The van der Waals surface area contributed by atoms with E-state index in [2.05, 4.69) is 10.3 Å². The van der Waals surface area contributed by atoms with E-state index in [9.17, 15) is 4.79 Å². The van der Waals surface area contributed by atoms with Crippen LogP contribution in [0.15, 0.2) is 53.3 Å². The van der Waals surface area contributed by atoms with Gasteiger partial charge in [0.2, 0.25) is 0 Å². The van der Waals surface area contributed by atoms with E-state index in [-0.39, 0.29) is 5.56 Å². The Labute approximate surface area is 119 Å². The number of aromatic nitrogens is 1. The summed E-state index contributed by atoms with van der Waals surface area (Å²) >= 11 is 1.45. The van der Waals surface area contributed by atoms with E-state index in [4.69, 9.17) is 4.74 Å². The second-order valence-corrected chi connectivity index (χ2v) is 5.20. The number of anilines is 2. The smallest absolute Gasteiger partial charge is 0.281 e. The Balaban J connectivity index is 1.96. The molecule has 0 aliphatic heterocycles. The lowest BCUT2D eigenvalue weighted by Crippen LogP contribution is -2.07. The normalized spacial score (nSPS) is 10.4. The lowest BCUT2D eigenvalue weighted by atomic mass is 10.3. The van der Waals surface area contributed by atoms with Gasteiger partial charge >= 0.3 is 0 Å². The molecular formula is C15H12N2O2S. The minimum atomic E-state index is -0.213. The largest absolute Gasteiger partial charge is 0.497 e. The molecule has 0 atom stereocenters. The van der Waals surface area contributed by atoms with Crippen molar-refractivity contribution in [3.63, 3.8) is 0 Å². The quantitative estimate of drug-likeness (QED) is 0.800.